The Balaban J connectivity index is -0.000000386. The minimum atomic E-state index is -3.58. The summed E-state index contributed by atoms with van der Waals surface area (Å²) in [5.74, 6) is 0. The van der Waals surface area contributed by atoms with Crippen LogP contribution in [0.1, 0.15) is 40.7 Å². The maximum Gasteiger partial charge on any atom is 0.297 e. The second kappa shape index (κ2) is 14.0. The summed E-state index contributed by atoms with van der Waals surface area (Å²) in [5, 5.41) is 0. The maximum absolute atomic E-state index is 11.5. The predicted molar refractivity (Wildman–Crippen MR) is 114 cm³/mol. The standard InChI is InChI=1S/C10H14O3S.C4H10O3S.C2H6O3S.CH4/c1-8(2)13-14(11,12)10-6-4-9(3)5-7-10;1-4(2)7-8(3,5)6;1-5-6(2,3)4;/h4-8H,1-3H3;4H,1-3H3;1-2H3;1H4. The van der Waals surface area contributed by atoms with Crippen molar-refractivity contribution in [2.75, 3.05) is 19.6 Å². The summed E-state index contributed by atoms with van der Waals surface area (Å²) < 4.78 is 76.2. The van der Waals surface area contributed by atoms with Gasteiger partial charge in [-0.2, -0.15) is 25.3 Å². The summed E-state index contributed by atoms with van der Waals surface area (Å²) >= 11 is 0. The molecule has 0 saturated carbocycles. The third kappa shape index (κ3) is 21.5. The zero-order valence-electron chi connectivity index (χ0n) is 17.4. The molecule has 9 nitrogen and oxygen atoms in total. The fourth-order valence-corrected chi connectivity index (χ4v) is 3.15. The minimum Gasteiger partial charge on any atom is -0.274 e. The van der Waals surface area contributed by atoms with E-state index < -0.39 is 30.4 Å². The van der Waals surface area contributed by atoms with Gasteiger partial charge in [0.15, 0.2) is 0 Å². The van der Waals surface area contributed by atoms with E-state index in [0.29, 0.717) is 0 Å². The molecule has 0 aliphatic heterocycles. The van der Waals surface area contributed by atoms with E-state index in [1.807, 2.05) is 6.92 Å². The van der Waals surface area contributed by atoms with Gasteiger partial charge in [-0.3, -0.25) is 12.5 Å². The second-order valence-corrected chi connectivity index (χ2v) is 11.0. The number of benzene rings is 1. The van der Waals surface area contributed by atoms with Crippen molar-refractivity contribution in [2.24, 2.45) is 0 Å². The van der Waals surface area contributed by atoms with Gasteiger partial charge in [-0.15, -0.1) is 0 Å². The van der Waals surface area contributed by atoms with Crippen molar-refractivity contribution in [2.45, 2.75) is 59.1 Å². The van der Waals surface area contributed by atoms with Crippen LogP contribution in [0.15, 0.2) is 29.2 Å². The molecule has 1 aromatic rings. The lowest BCUT2D eigenvalue weighted by Gasteiger charge is -2.08. The van der Waals surface area contributed by atoms with Crippen LogP contribution in [0, 0.1) is 6.92 Å². The number of aryl methyl sites for hydroxylation is 1. The van der Waals surface area contributed by atoms with Crippen molar-refractivity contribution in [1.82, 2.24) is 0 Å². The lowest BCUT2D eigenvalue weighted by molar-refractivity contribution is 0.248. The fourth-order valence-electron chi connectivity index (χ4n) is 1.36. The van der Waals surface area contributed by atoms with E-state index in [9.17, 15) is 25.3 Å². The van der Waals surface area contributed by atoms with Gasteiger partial charge in [0, 0.05) is 0 Å². The van der Waals surface area contributed by atoms with Crippen LogP contribution in [-0.4, -0.2) is 57.1 Å². The molecule has 0 atom stereocenters. The van der Waals surface area contributed by atoms with E-state index in [2.05, 4.69) is 8.37 Å². The molecule has 29 heavy (non-hydrogen) atoms. The Bertz CT molecular complexity index is 869. The van der Waals surface area contributed by atoms with Crippen LogP contribution in [0.5, 0.6) is 0 Å². The smallest absolute Gasteiger partial charge is 0.274 e. The van der Waals surface area contributed by atoms with Gasteiger partial charge in [0.05, 0.1) is 36.7 Å². The monoisotopic (exact) mass is 478 g/mol. The van der Waals surface area contributed by atoms with Gasteiger partial charge in [-0.25, -0.2) is 0 Å². The van der Waals surface area contributed by atoms with E-state index >= 15 is 0 Å². The Hall–Kier alpha value is -1.05. The number of rotatable bonds is 6. The third-order valence-electron chi connectivity index (χ3n) is 2.30. The van der Waals surface area contributed by atoms with Crippen LogP contribution in [0.3, 0.4) is 0 Å². The van der Waals surface area contributed by atoms with E-state index in [1.165, 1.54) is 0 Å². The summed E-state index contributed by atoms with van der Waals surface area (Å²) in [4.78, 5) is 0.205. The molecule has 0 fully saturated rings. The Morgan fingerprint density at radius 2 is 1.07 bits per heavy atom. The van der Waals surface area contributed by atoms with E-state index in [4.69, 9.17) is 4.18 Å². The Morgan fingerprint density at radius 3 is 1.28 bits per heavy atom. The molecule has 0 aromatic heterocycles. The second-order valence-electron chi connectivity index (χ2n) is 6.13. The molecule has 0 spiro atoms. The van der Waals surface area contributed by atoms with Crippen LogP contribution in [0.25, 0.3) is 0 Å². The third-order valence-corrected chi connectivity index (χ3v) is 5.13. The molecule has 12 heteroatoms. The van der Waals surface area contributed by atoms with Crippen LogP contribution < -0.4 is 0 Å². The normalized spacial score (nSPS) is 11.7. The zero-order valence-corrected chi connectivity index (χ0v) is 19.8. The van der Waals surface area contributed by atoms with Crippen molar-refractivity contribution in [3.8, 4) is 0 Å². The molecule has 0 aliphatic rings. The molecule has 0 radical (unpaired) electrons. The van der Waals surface area contributed by atoms with Crippen LogP contribution >= 0.6 is 0 Å². The molecule has 0 saturated heterocycles. The molecule has 1 aromatic carbocycles. The summed E-state index contributed by atoms with van der Waals surface area (Å²) in [6.45, 7) is 8.61. The fraction of sp³-hybridized carbons (Fsp3) is 0.647. The molecule has 0 heterocycles. The highest BCUT2D eigenvalue weighted by Gasteiger charge is 2.16. The highest BCUT2D eigenvalue weighted by molar-refractivity contribution is 7.87. The Labute approximate surface area is 176 Å². The summed E-state index contributed by atoms with van der Waals surface area (Å²) in [6.07, 6.45) is 1.45. The molecule has 0 N–H and O–H groups in total. The van der Waals surface area contributed by atoms with E-state index in [0.717, 1.165) is 25.2 Å². The quantitative estimate of drug-likeness (QED) is 0.566. The number of hydrogen-bond acceptors (Lipinski definition) is 9. The SMILES string of the molecule is C.CC(C)OS(C)(=O)=O.COS(C)(=O)=O.Cc1ccc(S(=O)(=O)OC(C)C)cc1. The first-order valence-corrected chi connectivity index (χ1v) is 13.1. The molecule has 0 amide bonds. The van der Waals surface area contributed by atoms with Crippen molar-refractivity contribution in [3.63, 3.8) is 0 Å². The molecular formula is C17H34O9S3. The van der Waals surface area contributed by atoms with Crippen LogP contribution in [0.2, 0.25) is 0 Å². The average molecular weight is 479 g/mol. The zero-order chi connectivity index (χ0) is 22.8. The topological polar surface area (TPSA) is 130 Å². The first-order chi connectivity index (χ1) is 12.4. The van der Waals surface area contributed by atoms with Gasteiger partial charge in [-0.1, -0.05) is 25.1 Å². The summed E-state index contributed by atoms with van der Waals surface area (Å²) in [7, 11) is -8.84. The van der Waals surface area contributed by atoms with Gasteiger partial charge in [-0.05, 0) is 46.8 Å². The molecule has 174 valence electrons. The summed E-state index contributed by atoms with van der Waals surface area (Å²) in [5.41, 5.74) is 1.02. The molecular weight excluding hydrogens is 444 g/mol. The van der Waals surface area contributed by atoms with Gasteiger partial charge in [0.25, 0.3) is 30.4 Å². The van der Waals surface area contributed by atoms with Crippen molar-refractivity contribution in [1.29, 1.82) is 0 Å². The molecule has 0 unspecified atom stereocenters. The Kier molecular flexibility index (Phi) is 15.8. The minimum absolute atomic E-state index is 0. The highest BCUT2D eigenvalue weighted by Crippen LogP contribution is 2.14. The van der Waals surface area contributed by atoms with Crippen molar-refractivity contribution in [3.05, 3.63) is 29.8 Å². The maximum atomic E-state index is 11.5. The van der Waals surface area contributed by atoms with Gasteiger partial charge >= 0.3 is 0 Å². The predicted octanol–water partition coefficient (Wildman–Crippen LogP) is 2.71. The van der Waals surface area contributed by atoms with Crippen molar-refractivity contribution >= 4 is 30.4 Å². The van der Waals surface area contributed by atoms with Crippen LogP contribution in [0.4, 0.5) is 0 Å². The van der Waals surface area contributed by atoms with Gasteiger partial charge in [0.1, 0.15) is 0 Å². The van der Waals surface area contributed by atoms with Crippen molar-refractivity contribution < 1.29 is 37.8 Å². The highest BCUT2D eigenvalue weighted by atomic mass is 32.2. The molecule has 0 bridgehead atoms. The first-order valence-electron chi connectivity index (χ1n) is 8.03. The molecule has 1 rings (SSSR count). The molecule has 0 aliphatic carbocycles. The van der Waals surface area contributed by atoms with E-state index in [-0.39, 0.29) is 24.5 Å². The van der Waals surface area contributed by atoms with E-state index in [1.54, 1.807) is 52.0 Å². The number of hydrogen-bond donors (Lipinski definition) is 0. The lowest BCUT2D eigenvalue weighted by Crippen LogP contribution is -2.12. The largest absolute Gasteiger partial charge is 0.297 e. The lowest BCUT2D eigenvalue weighted by atomic mass is 10.2. The van der Waals surface area contributed by atoms with Crippen LogP contribution in [-0.2, 0) is 42.9 Å². The Morgan fingerprint density at radius 1 is 0.724 bits per heavy atom. The first kappa shape index (κ1) is 32.6. The summed E-state index contributed by atoms with van der Waals surface area (Å²) in [6, 6.07) is 6.59. The van der Waals surface area contributed by atoms with Gasteiger partial charge in [0.2, 0.25) is 0 Å². The van der Waals surface area contributed by atoms with Gasteiger partial charge < -0.3 is 0 Å². The average Bonchev–Trinajstić information content (AvgIpc) is 2.44.